The van der Waals surface area contributed by atoms with Gasteiger partial charge in [-0.05, 0) is 25.0 Å². The lowest BCUT2D eigenvalue weighted by molar-refractivity contribution is -0.139. The molecule has 24 heavy (non-hydrogen) atoms. The number of carbonyl (C=O) groups excluding carboxylic acids is 2. The smallest absolute Gasteiger partial charge is 0.305 e. The predicted octanol–water partition coefficient (Wildman–Crippen LogP) is 1.09. The fourth-order valence-corrected chi connectivity index (χ4v) is 2.92. The summed E-state index contributed by atoms with van der Waals surface area (Å²) in [6.07, 6.45) is 2.99. The van der Waals surface area contributed by atoms with Crippen molar-refractivity contribution >= 4 is 17.8 Å². The molecule has 1 aromatic rings. The molecule has 0 unspecified atom stereocenters. The second-order valence-corrected chi connectivity index (χ2v) is 5.98. The first-order valence-electron chi connectivity index (χ1n) is 7.96. The van der Waals surface area contributed by atoms with Crippen molar-refractivity contribution in [1.29, 1.82) is 0 Å². The van der Waals surface area contributed by atoms with Crippen LogP contribution in [0.2, 0.25) is 0 Å². The number of nitrogens with one attached hydrogen (secondary N) is 2. The molecule has 0 aromatic heterocycles. The van der Waals surface area contributed by atoms with Gasteiger partial charge in [0.05, 0.1) is 18.5 Å². The van der Waals surface area contributed by atoms with Crippen molar-refractivity contribution in [3.8, 4) is 5.75 Å². The van der Waals surface area contributed by atoms with E-state index in [4.69, 9.17) is 9.84 Å². The standard InChI is InChI=1S/C17H22N2O5/c20-14(19-17(10-16(22)23)8-4-5-9-17)11-18-15(21)12-24-13-6-2-1-3-7-13/h1-3,6-7H,4-5,8-12H2,(H,18,21)(H,19,20)(H,22,23). The number of rotatable bonds is 8. The molecule has 1 aromatic carbocycles. The van der Waals surface area contributed by atoms with Gasteiger partial charge in [0.15, 0.2) is 6.61 Å². The topological polar surface area (TPSA) is 105 Å². The Morgan fingerprint density at radius 3 is 2.38 bits per heavy atom. The summed E-state index contributed by atoms with van der Waals surface area (Å²) < 4.78 is 5.28. The minimum Gasteiger partial charge on any atom is -0.484 e. The number of carbonyl (C=O) groups is 3. The summed E-state index contributed by atoms with van der Waals surface area (Å²) in [5.74, 6) is -1.15. The first kappa shape index (κ1) is 17.8. The normalized spacial score (nSPS) is 15.5. The molecule has 3 N–H and O–H groups in total. The van der Waals surface area contributed by atoms with Crippen LogP contribution in [0.1, 0.15) is 32.1 Å². The van der Waals surface area contributed by atoms with Crippen LogP contribution in [0, 0.1) is 0 Å². The number of hydrogen-bond donors (Lipinski definition) is 3. The van der Waals surface area contributed by atoms with Crippen molar-refractivity contribution in [2.75, 3.05) is 13.2 Å². The third-order valence-electron chi connectivity index (χ3n) is 4.01. The third kappa shape index (κ3) is 5.57. The number of hydrogen-bond acceptors (Lipinski definition) is 4. The molecule has 130 valence electrons. The molecule has 7 heteroatoms. The quantitative estimate of drug-likeness (QED) is 0.660. The van der Waals surface area contributed by atoms with Gasteiger partial charge in [-0.1, -0.05) is 31.0 Å². The third-order valence-corrected chi connectivity index (χ3v) is 4.01. The summed E-state index contributed by atoms with van der Waals surface area (Å²) in [5, 5.41) is 14.3. The Kier molecular flexibility index (Phi) is 6.17. The molecular formula is C17H22N2O5. The number of carboxylic acid groups (broad SMARTS) is 1. The van der Waals surface area contributed by atoms with Crippen LogP contribution in [0.3, 0.4) is 0 Å². The van der Waals surface area contributed by atoms with E-state index in [0.29, 0.717) is 18.6 Å². The SMILES string of the molecule is O=C(O)CC1(NC(=O)CNC(=O)COc2ccccc2)CCCC1. The van der Waals surface area contributed by atoms with Crippen LogP contribution in [0.15, 0.2) is 30.3 Å². The lowest BCUT2D eigenvalue weighted by Crippen LogP contribution is -2.51. The van der Waals surface area contributed by atoms with Crippen LogP contribution in [0.4, 0.5) is 0 Å². The maximum atomic E-state index is 12.0. The van der Waals surface area contributed by atoms with Gasteiger partial charge in [-0.2, -0.15) is 0 Å². The Balaban J connectivity index is 1.73. The summed E-state index contributed by atoms with van der Waals surface area (Å²) in [7, 11) is 0. The number of aliphatic carboxylic acids is 1. The molecule has 1 aliphatic rings. The molecule has 0 heterocycles. The molecule has 2 rings (SSSR count). The summed E-state index contributed by atoms with van der Waals surface area (Å²) in [4.78, 5) is 34.7. The maximum absolute atomic E-state index is 12.0. The van der Waals surface area contributed by atoms with E-state index in [-0.39, 0.29) is 25.5 Å². The zero-order chi connectivity index (χ0) is 17.4. The highest BCUT2D eigenvalue weighted by Crippen LogP contribution is 2.32. The fraction of sp³-hybridized carbons (Fsp3) is 0.471. The van der Waals surface area contributed by atoms with E-state index >= 15 is 0 Å². The fourth-order valence-electron chi connectivity index (χ4n) is 2.92. The van der Waals surface area contributed by atoms with E-state index in [9.17, 15) is 14.4 Å². The van der Waals surface area contributed by atoms with Gasteiger partial charge in [0.25, 0.3) is 5.91 Å². The molecule has 7 nitrogen and oxygen atoms in total. The van der Waals surface area contributed by atoms with Gasteiger partial charge in [-0.25, -0.2) is 0 Å². The highest BCUT2D eigenvalue weighted by atomic mass is 16.5. The van der Waals surface area contributed by atoms with Crippen LogP contribution in [-0.4, -0.2) is 41.6 Å². The lowest BCUT2D eigenvalue weighted by atomic mass is 9.93. The summed E-state index contributed by atoms with van der Waals surface area (Å²) >= 11 is 0. The molecule has 0 aliphatic heterocycles. The molecule has 0 radical (unpaired) electrons. The molecule has 0 saturated heterocycles. The Hall–Kier alpha value is -2.57. The van der Waals surface area contributed by atoms with E-state index in [2.05, 4.69) is 10.6 Å². The van der Waals surface area contributed by atoms with Crippen LogP contribution < -0.4 is 15.4 Å². The number of ether oxygens (including phenoxy) is 1. The monoisotopic (exact) mass is 334 g/mol. The first-order chi connectivity index (χ1) is 11.5. The molecule has 0 bridgehead atoms. The molecule has 1 fully saturated rings. The average molecular weight is 334 g/mol. The summed E-state index contributed by atoms with van der Waals surface area (Å²) in [5.41, 5.74) is -0.686. The molecule has 0 atom stereocenters. The minimum absolute atomic E-state index is 0.0934. The molecule has 0 spiro atoms. The van der Waals surface area contributed by atoms with Crippen molar-refractivity contribution in [3.05, 3.63) is 30.3 Å². The van der Waals surface area contributed by atoms with Crippen LogP contribution in [0.5, 0.6) is 5.75 Å². The molecular weight excluding hydrogens is 312 g/mol. The Bertz CT molecular complexity index is 582. The zero-order valence-corrected chi connectivity index (χ0v) is 13.4. The maximum Gasteiger partial charge on any atom is 0.305 e. The molecule has 2 amide bonds. The largest absolute Gasteiger partial charge is 0.484 e. The van der Waals surface area contributed by atoms with E-state index in [1.165, 1.54) is 0 Å². The Morgan fingerprint density at radius 1 is 1.08 bits per heavy atom. The lowest BCUT2D eigenvalue weighted by Gasteiger charge is -2.28. The van der Waals surface area contributed by atoms with Crippen LogP contribution in [0.25, 0.3) is 0 Å². The van der Waals surface area contributed by atoms with Gasteiger partial charge in [-0.3, -0.25) is 14.4 Å². The van der Waals surface area contributed by atoms with Crippen molar-refractivity contribution in [2.24, 2.45) is 0 Å². The second kappa shape index (κ2) is 8.33. The first-order valence-corrected chi connectivity index (χ1v) is 7.96. The van der Waals surface area contributed by atoms with Crippen molar-refractivity contribution in [1.82, 2.24) is 10.6 Å². The van der Waals surface area contributed by atoms with Gasteiger partial charge in [0.2, 0.25) is 5.91 Å². The van der Waals surface area contributed by atoms with E-state index in [1.54, 1.807) is 24.3 Å². The second-order valence-electron chi connectivity index (χ2n) is 5.98. The van der Waals surface area contributed by atoms with Crippen LogP contribution >= 0.6 is 0 Å². The number of amides is 2. The van der Waals surface area contributed by atoms with Gasteiger partial charge < -0.3 is 20.5 Å². The van der Waals surface area contributed by atoms with Gasteiger partial charge in [-0.15, -0.1) is 0 Å². The van der Waals surface area contributed by atoms with E-state index < -0.39 is 17.4 Å². The predicted molar refractivity (Wildman–Crippen MR) is 86.5 cm³/mol. The van der Waals surface area contributed by atoms with E-state index in [0.717, 1.165) is 12.8 Å². The number of para-hydroxylation sites is 1. The highest BCUT2D eigenvalue weighted by Gasteiger charge is 2.37. The molecule has 1 saturated carbocycles. The van der Waals surface area contributed by atoms with Crippen LogP contribution in [-0.2, 0) is 14.4 Å². The van der Waals surface area contributed by atoms with Crippen molar-refractivity contribution in [2.45, 2.75) is 37.6 Å². The Morgan fingerprint density at radius 2 is 1.75 bits per heavy atom. The van der Waals surface area contributed by atoms with Gasteiger partial charge >= 0.3 is 5.97 Å². The minimum atomic E-state index is -0.933. The van der Waals surface area contributed by atoms with Crippen molar-refractivity contribution < 1.29 is 24.2 Å². The van der Waals surface area contributed by atoms with E-state index in [1.807, 2.05) is 6.07 Å². The van der Waals surface area contributed by atoms with Gasteiger partial charge in [0.1, 0.15) is 5.75 Å². The van der Waals surface area contributed by atoms with Crippen molar-refractivity contribution in [3.63, 3.8) is 0 Å². The highest BCUT2D eigenvalue weighted by molar-refractivity contribution is 5.86. The van der Waals surface area contributed by atoms with Gasteiger partial charge in [0, 0.05) is 0 Å². The summed E-state index contributed by atoms with van der Waals surface area (Å²) in [6, 6.07) is 8.90. The summed E-state index contributed by atoms with van der Waals surface area (Å²) in [6.45, 7) is -0.379. The molecule has 1 aliphatic carbocycles. The number of benzene rings is 1. The average Bonchev–Trinajstić information content (AvgIpc) is 2.99. The Labute approximate surface area is 140 Å². The zero-order valence-electron chi connectivity index (χ0n) is 13.4. The number of carboxylic acids is 1.